The van der Waals surface area contributed by atoms with E-state index >= 15 is 0 Å². The third kappa shape index (κ3) is 2.96. The second kappa shape index (κ2) is 6.17. The average Bonchev–Trinajstić information content (AvgIpc) is 2.39. The molecule has 0 fully saturated rings. The number of rotatable bonds is 5. The van der Waals surface area contributed by atoms with Crippen LogP contribution >= 0.6 is 0 Å². The number of phenolic OH excluding ortho intramolecular Hbond substituents is 1. The third-order valence-electron chi connectivity index (χ3n) is 3.41. The summed E-state index contributed by atoms with van der Waals surface area (Å²) < 4.78 is 11.1. The van der Waals surface area contributed by atoms with Crippen LogP contribution in [0.5, 0.6) is 5.75 Å². The van der Waals surface area contributed by atoms with Crippen molar-refractivity contribution in [2.24, 2.45) is 5.92 Å². The fourth-order valence-corrected chi connectivity index (χ4v) is 2.54. The van der Waals surface area contributed by atoms with Crippen LogP contribution in [-0.4, -0.2) is 30.4 Å². The molecular weight excluding hydrogens is 244 g/mol. The van der Waals surface area contributed by atoms with E-state index in [-0.39, 0.29) is 17.5 Å². The molecule has 0 heterocycles. The van der Waals surface area contributed by atoms with E-state index in [4.69, 9.17) is 9.47 Å². The van der Waals surface area contributed by atoms with Gasteiger partial charge in [-0.05, 0) is 50.5 Å². The highest BCUT2D eigenvalue weighted by atomic mass is 16.7. The summed E-state index contributed by atoms with van der Waals surface area (Å²) in [4.78, 5) is 12.5. The van der Waals surface area contributed by atoms with Crippen molar-refractivity contribution < 1.29 is 19.4 Å². The average molecular weight is 264 g/mol. The van der Waals surface area contributed by atoms with Gasteiger partial charge in [0.25, 0.3) is 0 Å². The minimum atomic E-state index is -0.468. The van der Waals surface area contributed by atoms with Gasteiger partial charge in [0, 0.05) is 18.8 Å². The molecule has 4 heteroatoms. The molecule has 0 saturated carbocycles. The van der Waals surface area contributed by atoms with Crippen molar-refractivity contribution in [3.8, 4) is 5.75 Å². The Morgan fingerprint density at radius 3 is 2.63 bits per heavy atom. The Bertz CT molecular complexity index is 449. The van der Waals surface area contributed by atoms with Gasteiger partial charge < -0.3 is 14.6 Å². The number of phenols is 1. The largest absolute Gasteiger partial charge is 0.508 e. The van der Waals surface area contributed by atoms with Crippen LogP contribution in [0.3, 0.4) is 0 Å². The molecule has 0 amide bonds. The minimum Gasteiger partial charge on any atom is -0.508 e. The van der Waals surface area contributed by atoms with Gasteiger partial charge >= 0.3 is 0 Å². The molecule has 2 rings (SSSR count). The second-order valence-electron chi connectivity index (χ2n) is 4.63. The highest BCUT2D eigenvalue weighted by Crippen LogP contribution is 2.31. The van der Waals surface area contributed by atoms with E-state index in [9.17, 15) is 9.90 Å². The highest BCUT2D eigenvalue weighted by Gasteiger charge is 2.34. The standard InChI is InChI=1S/C15H20O4/c1-3-18-15(19-4-2)13-7-5-10-9-11(16)6-8-12(10)14(13)17/h6,8-9,13,15-16H,3-5,7H2,1-2H3. The number of Topliss-reactive ketones (excluding diaryl/α,β-unsaturated/α-hetero) is 1. The number of fused-ring (bicyclic) bond motifs is 1. The lowest BCUT2D eigenvalue weighted by Gasteiger charge is -2.29. The van der Waals surface area contributed by atoms with E-state index in [1.165, 1.54) is 0 Å². The maximum Gasteiger partial charge on any atom is 0.171 e. The molecule has 1 aromatic rings. The Kier molecular flexibility index (Phi) is 4.56. The molecule has 1 aromatic carbocycles. The number of carbonyl (C=O) groups is 1. The Morgan fingerprint density at radius 1 is 1.32 bits per heavy atom. The first-order chi connectivity index (χ1) is 9.17. The third-order valence-corrected chi connectivity index (χ3v) is 3.41. The molecule has 0 saturated heterocycles. The first-order valence-corrected chi connectivity index (χ1v) is 6.76. The van der Waals surface area contributed by atoms with Gasteiger partial charge in [0.05, 0.1) is 5.92 Å². The maximum absolute atomic E-state index is 12.5. The highest BCUT2D eigenvalue weighted by molar-refractivity contribution is 6.00. The predicted molar refractivity (Wildman–Crippen MR) is 71.3 cm³/mol. The summed E-state index contributed by atoms with van der Waals surface area (Å²) in [5.74, 6) is 0.00117. The molecule has 1 N–H and O–H groups in total. The van der Waals surface area contributed by atoms with Crippen molar-refractivity contribution >= 4 is 5.78 Å². The van der Waals surface area contributed by atoms with Crippen molar-refractivity contribution in [2.45, 2.75) is 33.0 Å². The molecule has 0 spiro atoms. The molecule has 1 atom stereocenters. The number of ketones is 1. The number of benzene rings is 1. The van der Waals surface area contributed by atoms with Crippen LogP contribution in [-0.2, 0) is 15.9 Å². The number of ether oxygens (including phenoxy) is 2. The molecule has 0 bridgehead atoms. The van der Waals surface area contributed by atoms with E-state index < -0.39 is 6.29 Å². The Labute approximate surface area is 113 Å². The first-order valence-electron chi connectivity index (χ1n) is 6.76. The van der Waals surface area contributed by atoms with Gasteiger partial charge in [-0.15, -0.1) is 0 Å². The first kappa shape index (κ1) is 14.0. The number of carbonyl (C=O) groups excluding carboxylic acids is 1. The fourth-order valence-electron chi connectivity index (χ4n) is 2.54. The summed E-state index contributed by atoms with van der Waals surface area (Å²) in [5.41, 5.74) is 1.59. The Hall–Kier alpha value is -1.39. The van der Waals surface area contributed by atoms with Gasteiger partial charge in [0.2, 0.25) is 0 Å². The number of hydrogen-bond donors (Lipinski definition) is 1. The lowest BCUT2D eigenvalue weighted by molar-refractivity contribution is -0.158. The van der Waals surface area contributed by atoms with Gasteiger partial charge in [0.1, 0.15) is 5.75 Å². The summed E-state index contributed by atoms with van der Waals surface area (Å²) in [6, 6.07) is 4.91. The van der Waals surface area contributed by atoms with Crippen molar-refractivity contribution in [1.29, 1.82) is 0 Å². The normalized spacial score (nSPS) is 18.7. The van der Waals surface area contributed by atoms with E-state index in [0.717, 1.165) is 12.0 Å². The zero-order valence-electron chi connectivity index (χ0n) is 11.4. The zero-order chi connectivity index (χ0) is 13.8. The van der Waals surface area contributed by atoms with Gasteiger partial charge in [-0.2, -0.15) is 0 Å². The smallest absolute Gasteiger partial charge is 0.171 e. The van der Waals surface area contributed by atoms with Crippen LogP contribution in [0.1, 0.15) is 36.2 Å². The van der Waals surface area contributed by atoms with Crippen LogP contribution < -0.4 is 0 Å². The molecule has 1 aliphatic carbocycles. The van der Waals surface area contributed by atoms with Gasteiger partial charge in [-0.3, -0.25) is 4.79 Å². The predicted octanol–water partition coefficient (Wildman–Crippen LogP) is 2.54. The van der Waals surface area contributed by atoms with Crippen molar-refractivity contribution in [1.82, 2.24) is 0 Å². The molecule has 1 unspecified atom stereocenters. The quantitative estimate of drug-likeness (QED) is 0.830. The second-order valence-corrected chi connectivity index (χ2v) is 4.63. The summed E-state index contributed by atoms with van der Waals surface area (Å²) >= 11 is 0. The lowest BCUT2D eigenvalue weighted by Crippen LogP contribution is -2.36. The summed E-state index contributed by atoms with van der Waals surface area (Å²) in [5, 5.41) is 9.46. The van der Waals surface area contributed by atoms with Gasteiger partial charge in [-0.25, -0.2) is 0 Å². The molecule has 0 aliphatic heterocycles. The van der Waals surface area contributed by atoms with Gasteiger partial charge in [-0.1, -0.05) is 0 Å². The van der Waals surface area contributed by atoms with Crippen molar-refractivity contribution in [3.05, 3.63) is 29.3 Å². The monoisotopic (exact) mass is 264 g/mol. The van der Waals surface area contributed by atoms with Crippen molar-refractivity contribution in [2.75, 3.05) is 13.2 Å². The van der Waals surface area contributed by atoms with E-state index in [2.05, 4.69) is 0 Å². The molecule has 104 valence electrons. The Balaban J connectivity index is 2.22. The summed E-state index contributed by atoms with van der Waals surface area (Å²) in [7, 11) is 0. The van der Waals surface area contributed by atoms with E-state index in [1.807, 2.05) is 13.8 Å². The molecule has 19 heavy (non-hydrogen) atoms. The maximum atomic E-state index is 12.5. The van der Waals surface area contributed by atoms with Gasteiger partial charge in [0.15, 0.2) is 12.1 Å². The molecule has 0 radical (unpaired) electrons. The number of aryl methyl sites for hydroxylation is 1. The Morgan fingerprint density at radius 2 is 2.00 bits per heavy atom. The minimum absolute atomic E-state index is 0.0492. The molecule has 0 aromatic heterocycles. The SMILES string of the molecule is CCOC(OCC)C1CCc2cc(O)ccc2C1=O. The molecule has 4 nitrogen and oxygen atoms in total. The zero-order valence-corrected chi connectivity index (χ0v) is 11.4. The summed E-state index contributed by atoms with van der Waals surface area (Å²) in [6.45, 7) is 4.84. The summed E-state index contributed by atoms with van der Waals surface area (Å²) in [6.07, 6.45) is 0.987. The van der Waals surface area contributed by atoms with E-state index in [1.54, 1.807) is 18.2 Å². The van der Waals surface area contributed by atoms with Crippen LogP contribution in [0.25, 0.3) is 0 Å². The van der Waals surface area contributed by atoms with Crippen LogP contribution in [0.15, 0.2) is 18.2 Å². The van der Waals surface area contributed by atoms with Crippen molar-refractivity contribution in [3.63, 3.8) is 0 Å². The lowest BCUT2D eigenvalue weighted by atomic mass is 9.82. The number of aromatic hydroxyl groups is 1. The molecular formula is C15H20O4. The number of hydrogen-bond acceptors (Lipinski definition) is 4. The van der Waals surface area contributed by atoms with Crippen LogP contribution in [0.4, 0.5) is 0 Å². The topological polar surface area (TPSA) is 55.8 Å². The molecule has 1 aliphatic rings. The van der Waals surface area contributed by atoms with Crippen LogP contribution in [0, 0.1) is 5.92 Å². The van der Waals surface area contributed by atoms with E-state index in [0.29, 0.717) is 25.2 Å². The fraction of sp³-hybridized carbons (Fsp3) is 0.533. The van der Waals surface area contributed by atoms with Crippen LogP contribution in [0.2, 0.25) is 0 Å².